The van der Waals surface area contributed by atoms with E-state index in [1.807, 2.05) is 0 Å². The fraction of sp³-hybridized carbons (Fsp3) is 0.0909. The number of hydrogen-bond acceptors (Lipinski definition) is 4. The standard InChI is InChI=1S/C11H6BrF4N3O/c12-8-9(17)18-4-19-10(8)20-5-1-2-7(13)6(3-5)11(14,15)16/h1-4H,(H2,17,18,19). The normalized spacial score (nSPS) is 11.4. The van der Waals surface area contributed by atoms with Crippen LogP contribution in [-0.2, 0) is 6.18 Å². The Kier molecular flexibility index (Phi) is 3.80. The number of rotatable bonds is 2. The first-order valence-corrected chi connectivity index (χ1v) is 5.89. The predicted molar refractivity (Wildman–Crippen MR) is 65.6 cm³/mol. The van der Waals surface area contributed by atoms with E-state index in [1.165, 1.54) is 0 Å². The van der Waals surface area contributed by atoms with Crippen molar-refractivity contribution in [3.8, 4) is 11.6 Å². The number of ether oxygens (including phenoxy) is 1. The lowest BCUT2D eigenvalue weighted by atomic mass is 10.2. The zero-order valence-electron chi connectivity index (χ0n) is 9.58. The molecule has 0 spiro atoms. The number of aromatic nitrogens is 2. The highest BCUT2D eigenvalue weighted by Crippen LogP contribution is 2.36. The summed E-state index contributed by atoms with van der Waals surface area (Å²) in [6.45, 7) is 0. The first-order valence-electron chi connectivity index (χ1n) is 5.09. The second-order valence-electron chi connectivity index (χ2n) is 3.62. The van der Waals surface area contributed by atoms with Crippen LogP contribution in [0.4, 0.5) is 23.4 Å². The van der Waals surface area contributed by atoms with Crippen LogP contribution in [0.3, 0.4) is 0 Å². The Balaban J connectivity index is 2.38. The number of halogens is 5. The third kappa shape index (κ3) is 2.98. The number of hydrogen-bond donors (Lipinski definition) is 1. The molecule has 0 saturated carbocycles. The summed E-state index contributed by atoms with van der Waals surface area (Å²) in [5, 5.41) is 0. The van der Waals surface area contributed by atoms with Gasteiger partial charge < -0.3 is 10.5 Å². The van der Waals surface area contributed by atoms with Crippen molar-refractivity contribution in [2.24, 2.45) is 0 Å². The second kappa shape index (κ2) is 5.23. The summed E-state index contributed by atoms with van der Waals surface area (Å²) in [6.07, 6.45) is -3.73. The maximum absolute atomic E-state index is 13.1. The minimum atomic E-state index is -4.81. The zero-order chi connectivity index (χ0) is 14.9. The molecule has 0 aliphatic heterocycles. The van der Waals surface area contributed by atoms with Crippen LogP contribution in [0.5, 0.6) is 11.6 Å². The number of nitrogens with two attached hydrogens (primary N) is 1. The molecule has 1 heterocycles. The van der Waals surface area contributed by atoms with Gasteiger partial charge in [-0.05, 0) is 34.1 Å². The third-order valence-corrected chi connectivity index (χ3v) is 2.99. The Bertz CT molecular complexity index is 648. The van der Waals surface area contributed by atoms with E-state index < -0.39 is 17.6 Å². The molecule has 1 aromatic heterocycles. The molecule has 0 fully saturated rings. The zero-order valence-corrected chi connectivity index (χ0v) is 11.2. The minimum Gasteiger partial charge on any atom is -0.438 e. The summed E-state index contributed by atoms with van der Waals surface area (Å²) < 4.78 is 56.1. The summed E-state index contributed by atoms with van der Waals surface area (Å²) >= 11 is 3.04. The number of anilines is 1. The summed E-state index contributed by atoms with van der Waals surface area (Å²) in [5.74, 6) is -1.62. The van der Waals surface area contributed by atoms with Gasteiger partial charge in [0.15, 0.2) is 0 Å². The molecule has 0 amide bonds. The molecule has 0 aliphatic carbocycles. The average Bonchev–Trinajstić information content (AvgIpc) is 2.36. The van der Waals surface area contributed by atoms with Crippen molar-refractivity contribution in [3.05, 3.63) is 40.4 Å². The second-order valence-corrected chi connectivity index (χ2v) is 4.41. The van der Waals surface area contributed by atoms with Crippen LogP contribution in [0.2, 0.25) is 0 Å². The van der Waals surface area contributed by atoms with E-state index in [4.69, 9.17) is 10.5 Å². The molecule has 0 bridgehead atoms. The number of benzene rings is 1. The first kappa shape index (κ1) is 14.5. The quantitative estimate of drug-likeness (QED) is 0.836. The van der Waals surface area contributed by atoms with Gasteiger partial charge in [-0.3, -0.25) is 0 Å². The lowest BCUT2D eigenvalue weighted by Gasteiger charge is -2.11. The smallest absolute Gasteiger partial charge is 0.419 e. The van der Waals surface area contributed by atoms with E-state index in [-0.39, 0.29) is 21.9 Å². The molecule has 0 aliphatic rings. The van der Waals surface area contributed by atoms with Crippen molar-refractivity contribution in [1.29, 1.82) is 0 Å². The number of nitrogens with zero attached hydrogens (tertiary/aromatic N) is 2. The van der Waals surface area contributed by atoms with Crippen LogP contribution in [0.15, 0.2) is 29.0 Å². The Morgan fingerprint density at radius 2 is 1.90 bits per heavy atom. The maximum Gasteiger partial charge on any atom is 0.419 e. The molecule has 20 heavy (non-hydrogen) atoms. The molecule has 0 saturated heterocycles. The lowest BCUT2D eigenvalue weighted by molar-refractivity contribution is -0.140. The van der Waals surface area contributed by atoms with Crippen LogP contribution >= 0.6 is 15.9 Å². The fourth-order valence-corrected chi connectivity index (χ4v) is 1.62. The Morgan fingerprint density at radius 1 is 1.20 bits per heavy atom. The Morgan fingerprint density at radius 3 is 2.55 bits per heavy atom. The molecule has 9 heteroatoms. The number of alkyl halides is 3. The molecule has 0 atom stereocenters. The topological polar surface area (TPSA) is 61.0 Å². The number of nitrogen functional groups attached to an aromatic ring is 1. The van der Waals surface area contributed by atoms with Crippen LogP contribution in [0.25, 0.3) is 0 Å². The minimum absolute atomic E-state index is 0.0631. The molecule has 106 valence electrons. The van der Waals surface area contributed by atoms with Gasteiger partial charge in [-0.25, -0.2) is 14.4 Å². The van der Waals surface area contributed by atoms with E-state index in [1.54, 1.807) is 0 Å². The highest BCUT2D eigenvalue weighted by atomic mass is 79.9. The maximum atomic E-state index is 13.1. The van der Waals surface area contributed by atoms with Gasteiger partial charge >= 0.3 is 6.18 Å². The van der Waals surface area contributed by atoms with E-state index >= 15 is 0 Å². The average molecular weight is 352 g/mol. The van der Waals surface area contributed by atoms with Crippen molar-refractivity contribution < 1.29 is 22.3 Å². The molecule has 4 nitrogen and oxygen atoms in total. The monoisotopic (exact) mass is 351 g/mol. The largest absolute Gasteiger partial charge is 0.438 e. The van der Waals surface area contributed by atoms with Gasteiger partial charge in [-0.1, -0.05) is 0 Å². The van der Waals surface area contributed by atoms with Gasteiger partial charge in [0.1, 0.15) is 28.2 Å². The van der Waals surface area contributed by atoms with Crippen LogP contribution < -0.4 is 10.5 Å². The molecular weight excluding hydrogens is 346 g/mol. The molecule has 2 N–H and O–H groups in total. The van der Waals surface area contributed by atoms with Crippen LogP contribution in [0, 0.1) is 5.82 Å². The summed E-state index contributed by atoms with van der Waals surface area (Å²) in [4.78, 5) is 7.37. The van der Waals surface area contributed by atoms with Crippen molar-refractivity contribution >= 4 is 21.7 Å². The van der Waals surface area contributed by atoms with E-state index in [0.29, 0.717) is 12.1 Å². The lowest BCUT2D eigenvalue weighted by Crippen LogP contribution is -2.08. The van der Waals surface area contributed by atoms with Gasteiger partial charge in [0.25, 0.3) is 0 Å². The van der Waals surface area contributed by atoms with E-state index in [0.717, 1.165) is 12.4 Å². The van der Waals surface area contributed by atoms with E-state index in [2.05, 4.69) is 25.9 Å². The van der Waals surface area contributed by atoms with E-state index in [9.17, 15) is 17.6 Å². The molecule has 0 radical (unpaired) electrons. The molecular formula is C11H6BrF4N3O. The molecule has 2 rings (SSSR count). The van der Waals surface area contributed by atoms with Crippen molar-refractivity contribution in [1.82, 2.24) is 9.97 Å². The molecule has 0 unspecified atom stereocenters. The third-order valence-electron chi connectivity index (χ3n) is 2.24. The first-order chi connectivity index (χ1) is 9.29. The Hall–Kier alpha value is -1.90. The summed E-state index contributed by atoms with van der Waals surface area (Å²) in [5.41, 5.74) is 4.06. The van der Waals surface area contributed by atoms with Crippen LogP contribution in [-0.4, -0.2) is 9.97 Å². The SMILES string of the molecule is Nc1ncnc(Oc2ccc(F)c(C(F)(F)F)c2)c1Br. The highest BCUT2D eigenvalue weighted by molar-refractivity contribution is 9.10. The summed E-state index contributed by atoms with van der Waals surface area (Å²) in [6, 6.07) is 2.26. The van der Waals surface area contributed by atoms with Gasteiger partial charge in [0.2, 0.25) is 5.88 Å². The van der Waals surface area contributed by atoms with Crippen molar-refractivity contribution in [2.75, 3.05) is 5.73 Å². The van der Waals surface area contributed by atoms with Crippen LogP contribution in [0.1, 0.15) is 5.56 Å². The van der Waals surface area contributed by atoms with Crippen molar-refractivity contribution in [2.45, 2.75) is 6.18 Å². The van der Waals surface area contributed by atoms with Gasteiger partial charge in [-0.2, -0.15) is 13.2 Å². The van der Waals surface area contributed by atoms with Gasteiger partial charge in [0.05, 0.1) is 5.56 Å². The molecule has 2 aromatic rings. The van der Waals surface area contributed by atoms with Gasteiger partial charge in [-0.15, -0.1) is 0 Å². The predicted octanol–water partition coefficient (Wildman–Crippen LogP) is 3.77. The Labute approximate surface area is 118 Å². The fourth-order valence-electron chi connectivity index (χ4n) is 1.33. The molecule has 1 aromatic carbocycles. The summed E-state index contributed by atoms with van der Waals surface area (Å²) in [7, 11) is 0. The highest BCUT2D eigenvalue weighted by Gasteiger charge is 2.34. The van der Waals surface area contributed by atoms with Crippen molar-refractivity contribution in [3.63, 3.8) is 0 Å². The van der Waals surface area contributed by atoms with Gasteiger partial charge in [0, 0.05) is 0 Å².